The number of nitrogens with zero attached hydrogens (tertiary/aromatic N) is 2. The number of benzene rings is 1. The number of halogens is 2. The van der Waals surface area contributed by atoms with Crippen LogP contribution in [0.1, 0.15) is 25.3 Å². The summed E-state index contributed by atoms with van der Waals surface area (Å²) in [6.07, 6.45) is 2.12. The molecule has 0 radical (unpaired) electrons. The summed E-state index contributed by atoms with van der Waals surface area (Å²) in [5.41, 5.74) is 0.0354. The number of piperidine rings is 1. The molecule has 0 aromatic heterocycles. The number of nitro groups is 1. The highest BCUT2D eigenvalue weighted by Crippen LogP contribution is 2.29. The van der Waals surface area contributed by atoms with Crippen molar-refractivity contribution in [2.75, 3.05) is 13.1 Å². The lowest BCUT2D eigenvalue weighted by atomic mass is 9.98. The average Bonchev–Trinajstić information content (AvgIpc) is 2.34. The minimum Gasteiger partial charge on any atom is -0.299 e. The first-order valence-electron chi connectivity index (χ1n) is 6.32. The van der Waals surface area contributed by atoms with Crippen LogP contribution in [0, 0.1) is 21.8 Å². The van der Waals surface area contributed by atoms with Gasteiger partial charge in [-0.3, -0.25) is 15.0 Å². The van der Waals surface area contributed by atoms with E-state index in [1.54, 1.807) is 0 Å². The molecule has 1 aromatic carbocycles. The maximum Gasteiger partial charge on any atom is 0.277 e. The van der Waals surface area contributed by atoms with E-state index in [1.807, 2.05) is 0 Å². The molecule has 2 rings (SSSR count). The van der Waals surface area contributed by atoms with E-state index in [0.29, 0.717) is 16.9 Å². The third-order valence-corrected chi connectivity index (χ3v) is 4.05. The van der Waals surface area contributed by atoms with Gasteiger partial charge in [0.05, 0.1) is 10.5 Å². The standard InChI is InChI=1S/C13H16BrFN2O2/c1-9-2-4-16(5-3-9)8-11-12(15)6-10(14)7-13(11)17(18)19/h6-7,9H,2-5,8H2,1H3. The molecule has 0 unspecified atom stereocenters. The second-order valence-corrected chi connectivity index (χ2v) is 6.02. The Balaban J connectivity index is 2.21. The van der Waals surface area contributed by atoms with Crippen molar-refractivity contribution in [3.05, 3.63) is 38.1 Å². The first kappa shape index (κ1) is 14.4. The Labute approximate surface area is 119 Å². The molecule has 0 bridgehead atoms. The predicted octanol–water partition coefficient (Wildman–Crippen LogP) is 3.73. The Bertz CT molecular complexity index is 488. The highest BCUT2D eigenvalue weighted by molar-refractivity contribution is 9.10. The van der Waals surface area contributed by atoms with E-state index in [1.165, 1.54) is 12.1 Å². The molecule has 0 amide bonds. The second-order valence-electron chi connectivity index (χ2n) is 5.10. The van der Waals surface area contributed by atoms with Gasteiger partial charge < -0.3 is 0 Å². The largest absolute Gasteiger partial charge is 0.299 e. The highest BCUT2D eigenvalue weighted by atomic mass is 79.9. The van der Waals surface area contributed by atoms with Crippen molar-refractivity contribution in [2.24, 2.45) is 5.92 Å². The molecule has 0 N–H and O–H groups in total. The first-order chi connectivity index (χ1) is 8.97. The highest BCUT2D eigenvalue weighted by Gasteiger charge is 2.23. The van der Waals surface area contributed by atoms with E-state index in [-0.39, 0.29) is 11.3 Å². The molecule has 1 saturated heterocycles. The molecule has 0 atom stereocenters. The summed E-state index contributed by atoms with van der Waals surface area (Å²) in [6, 6.07) is 2.65. The van der Waals surface area contributed by atoms with Crippen LogP contribution in [0.25, 0.3) is 0 Å². The molecule has 4 nitrogen and oxygen atoms in total. The summed E-state index contributed by atoms with van der Waals surface area (Å²) in [5.74, 6) is 0.167. The van der Waals surface area contributed by atoms with Crippen LogP contribution in [0.2, 0.25) is 0 Å². The lowest BCUT2D eigenvalue weighted by Crippen LogP contribution is -2.32. The number of hydrogen-bond acceptors (Lipinski definition) is 3. The van der Waals surface area contributed by atoms with Crippen molar-refractivity contribution < 1.29 is 9.31 Å². The molecule has 0 aliphatic carbocycles. The van der Waals surface area contributed by atoms with Crippen molar-refractivity contribution in [1.82, 2.24) is 4.90 Å². The molecule has 19 heavy (non-hydrogen) atoms. The molecule has 1 heterocycles. The molecule has 104 valence electrons. The van der Waals surface area contributed by atoms with Crippen LogP contribution < -0.4 is 0 Å². The molecular weight excluding hydrogens is 315 g/mol. The average molecular weight is 331 g/mol. The lowest BCUT2D eigenvalue weighted by Gasteiger charge is -2.30. The fourth-order valence-corrected chi connectivity index (χ4v) is 2.77. The quantitative estimate of drug-likeness (QED) is 0.626. The van der Waals surface area contributed by atoms with E-state index >= 15 is 0 Å². The number of nitro benzene ring substituents is 1. The van der Waals surface area contributed by atoms with Crippen LogP contribution in [0.4, 0.5) is 10.1 Å². The Morgan fingerprint density at radius 1 is 1.47 bits per heavy atom. The topological polar surface area (TPSA) is 46.4 Å². The van der Waals surface area contributed by atoms with Crippen molar-refractivity contribution in [2.45, 2.75) is 26.3 Å². The minimum absolute atomic E-state index is 0.148. The zero-order valence-electron chi connectivity index (χ0n) is 10.7. The van der Waals surface area contributed by atoms with Crippen molar-refractivity contribution in [3.8, 4) is 0 Å². The zero-order valence-corrected chi connectivity index (χ0v) is 12.3. The summed E-state index contributed by atoms with van der Waals surface area (Å²) >= 11 is 3.09. The smallest absolute Gasteiger partial charge is 0.277 e. The molecule has 0 saturated carbocycles. The van der Waals surface area contributed by atoms with Gasteiger partial charge in [0, 0.05) is 17.1 Å². The van der Waals surface area contributed by atoms with Gasteiger partial charge in [-0.1, -0.05) is 22.9 Å². The van der Waals surface area contributed by atoms with Crippen LogP contribution in [0.15, 0.2) is 16.6 Å². The normalized spacial score (nSPS) is 17.6. The molecule has 1 aliphatic heterocycles. The molecule has 0 spiro atoms. The van der Waals surface area contributed by atoms with Gasteiger partial charge in [0.25, 0.3) is 5.69 Å². The third-order valence-electron chi connectivity index (χ3n) is 3.59. The van der Waals surface area contributed by atoms with Gasteiger partial charge >= 0.3 is 0 Å². The van der Waals surface area contributed by atoms with Crippen molar-refractivity contribution in [3.63, 3.8) is 0 Å². The van der Waals surface area contributed by atoms with Crippen LogP contribution in [-0.4, -0.2) is 22.9 Å². The molecular formula is C13H16BrFN2O2. The van der Waals surface area contributed by atoms with E-state index in [9.17, 15) is 14.5 Å². The number of rotatable bonds is 3. The maximum absolute atomic E-state index is 13.9. The Hall–Kier alpha value is -1.01. The Morgan fingerprint density at radius 2 is 2.11 bits per heavy atom. The second kappa shape index (κ2) is 5.96. The summed E-state index contributed by atoms with van der Waals surface area (Å²) < 4.78 is 14.3. The third kappa shape index (κ3) is 3.51. The van der Waals surface area contributed by atoms with Gasteiger partial charge in [-0.25, -0.2) is 4.39 Å². The SMILES string of the molecule is CC1CCN(Cc2c(F)cc(Br)cc2[N+](=O)[O-])CC1. The van der Waals surface area contributed by atoms with Crippen LogP contribution in [-0.2, 0) is 6.54 Å². The fraction of sp³-hybridized carbons (Fsp3) is 0.538. The Morgan fingerprint density at radius 3 is 2.68 bits per heavy atom. The molecule has 6 heteroatoms. The Kier molecular flexibility index (Phi) is 4.52. The van der Waals surface area contributed by atoms with Crippen LogP contribution in [0.3, 0.4) is 0 Å². The van der Waals surface area contributed by atoms with Crippen LogP contribution in [0.5, 0.6) is 0 Å². The van der Waals surface area contributed by atoms with Gasteiger partial charge in [0.15, 0.2) is 0 Å². The number of likely N-dealkylation sites (tertiary alicyclic amines) is 1. The number of hydrogen-bond donors (Lipinski definition) is 0. The zero-order chi connectivity index (χ0) is 14.0. The van der Waals surface area contributed by atoms with Gasteiger partial charge in [-0.05, 0) is 37.9 Å². The first-order valence-corrected chi connectivity index (χ1v) is 7.11. The van der Waals surface area contributed by atoms with Crippen LogP contribution >= 0.6 is 15.9 Å². The van der Waals surface area contributed by atoms with E-state index in [2.05, 4.69) is 27.8 Å². The fourth-order valence-electron chi connectivity index (χ4n) is 2.35. The molecule has 1 fully saturated rings. The van der Waals surface area contributed by atoms with Gasteiger partial charge in [0.1, 0.15) is 5.82 Å². The summed E-state index contributed by atoms with van der Waals surface area (Å²) in [5, 5.41) is 11.0. The van der Waals surface area contributed by atoms with Gasteiger partial charge in [0.2, 0.25) is 0 Å². The lowest BCUT2D eigenvalue weighted by molar-refractivity contribution is -0.386. The van der Waals surface area contributed by atoms with Gasteiger partial charge in [-0.2, -0.15) is 0 Å². The monoisotopic (exact) mass is 330 g/mol. The summed E-state index contributed by atoms with van der Waals surface area (Å²) in [7, 11) is 0. The van der Waals surface area contributed by atoms with E-state index in [4.69, 9.17) is 0 Å². The predicted molar refractivity (Wildman–Crippen MR) is 74.4 cm³/mol. The minimum atomic E-state index is -0.518. The molecule has 1 aliphatic rings. The van der Waals surface area contributed by atoms with Crippen molar-refractivity contribution in [1.29, 1.82) is 0 Å². The van der Waals surface area contributed by atoms with Crippen molar-refractivity contribution >= 4 is 21.6 Å². The maximum atomic E-state index is 13.9. The van der Waals surface area contributed by atoms with E-state index in [0.717, 1.165) is 25.9 Å². The molecule has 1 aromatic rings. The van der Waals surface area contributed by atoms with E-state index < -0.39 is 10.7 Å². The summed E-state index contributed by atoms with van der Waals surface area (Å²) in [6.45, 7) is 4.24. The summed E-state index contributed by atoms with van der Waals surface area (Å²) in [4.78, 5) is 12.6. The van der Waals surface area contributed by atoms with Gasteiger partial charge in [-0.15, -0.1) is 0 Å².